The van der Waals surface area contributed by atoms with Crippen molar-refractivity contribution in [3.05, 3.63) is 34.1 Å². The Morgan fingerprint density at radius 1 is 1.31 bits per heavy atom. The zero-order valence-corrected chi connectivity index (χ0v) is 9.53. The fourth-order valence-electron chi connectivity index (χ4n) is 1.11. The van der Waals surface area contributed by atoms with E-state index in [0.29, 0.717) is 0 Å². The molecular weight excluding hydrogens is 292 g/mol. The average Bonchev–Trinajstić information content (AvgIpc) is 2.13. The highest BCUT2D eigenvalue weighted by Crippen LogP contribution is 2.25. The Bertz CT molecular complexity index is 400. The highest BCUT2D eigenvalue weighted by Gasteiger charge is 2.28. The van der Waals surface area contributed by atoms with Crippen LogP contribution in [-0.2, 0) is 0 Å². The van der Waals surface area contributed by atoms with Gasteiger partial charge in [0, 0.05) is 16.5 Å². The third-order valence-corrected chi connectivity index (χ3v) is 2.52. The van der Waals surface area contributed by atoms with Crippen LogP contribution in [0.15, 0.2) is 22.7 Å². The summed E-state index contributed by atoms with van der Waals surface area (Å²) < 4.78 is 48.4. The highest BCUT2D eigenvalue weighted by atomic mass is 79.9. The Balaban J connectivity index is 2.74. The molecule has 1 aromatic rings. The van der Waals surface area contributed by atoms with E-state index in [1.807, 2.05) is 0 Å². The predicted molar refractivity (Wildman–Crippen MR) is 53.7 cm³/mol. The molecule has 0 spiro atoms. The molecule has 0 aliphatic rings. The molecule has 0 radical (unpaired) electrons. The van der Waals surface area contributed by atoms with Gasteiger partial charge in [0.15, 0.2) is 5.78 Å². The lowest BCUT2D eigenvalue weighted by Crippen LogP contribution is -2.11. The molecule has 0 saturated heterocycles. The van der Waals surface area contributed by atoms with Gasteiger partial charge in [-0.25, -0.2) is 4.39 Å². The number of rotatable bonds is 3. The molecule has 0 amide bonds. The summed E-state index contributed by atoms with van der Waals surface area (Å²) in [6, 6.07) is 3.24. The van der Waals surface area contributed by atoms with Crippen LogP contribution in [0.2, 0.25) is 0 Å². The summed E-state index contributed by atoms with van der Waals surface area (Å²) >= 11 is 2.93. The van der Waals surface area contributed by atoms with Gasteiger partial charge in [-0.05, 0) is 34.1 Å². The Labute approximate surface area is 97.6 Å². The predicted octanol–water partition coefficient (Wildman–Crippen LogP) is 4.11. The number of hydrogen-bond acceptors (Lipinski definition) is 1. The van der Waals surface area contributed by atoms with Crippen molar-refractivity contribution in [3.8, 4) is 0 Å². The number of halogens is 5. The number of Topliss-reactive ketones (excluding diaryl/α,β-unsaturated/α-hetero) is 1. The average molecular weight is 299 g/mol. The van der Waals surface area contributed by atoms with Crippen LogP contribution in [0.25, 0.3) is 0 Å². The van der Waals surface area contributed by atoms with Gasteiger partial charge in [0.25, 0.3) is 0 Å². The van der Waals surface area contributed by atoms with Gasteiger partial charge >= 0.3 is 6.18 Å². The Morgan fingerprint density at radius 3 is 2.44 bits per heavy atom. The number of benzene rings is 1. The van der Waals surface area contributed by atoms with E-state index in [1.54, 1.807) is 0 Å². The second-order valence-corrected chi connectivity index (χ2v) is 4.02. The molecule has 0 N–H and O–H groups in total. The quantitative estimate of drug-likeness (QED) is 0.606. The fraction of sp³-hybridized carbons (Fsp3) is 0.300. The van der Waals surface area contributed by atoms with Crippen molar-refractivity contribution >= 4 is 21.7 Å². The molecule has 0 aliphatic heterocycles. The topological polar surface area (TPSA) is 17.1 Å². The molecular formula is C10H7BrF4O. The molecule has 0 bridgehead atoms. The van der Waals surface area contributed by atoms with Crippen LogP contribution in [0.5, 0.6) is 0 Å². The largest absolute Gasteiger partial charge is 0.389 e. The molecule has 16 heavy (non-hydrogen) atoms. The van der Waals surface area contributed by atoms with Gasteiger partial charge < -0.3 is 0 Å². The van der Waals surface area contributed by atoms with Gasteiger partial charge in [0.05, 0.1) is 6.42 Å². The maximum Gasteiger partial charge on any atom is 0.389 e. The number of alkyl halides is 3. The summed E-state index contributed by atoms with van der Waals surface area (Å²) in [5.74, 6) is -1.22. The minimum Gasteiger partial charge on any atom is -0.294 e. The van der Waals surface area contributed by atoms with Crippen molar-refractivity contribution in [2.75, 3.05) is 0 Å². The summed E-state index contributed by atoms with van der Waals surface area (Å²) in [4.78, 5) is 11.4. The molecule has 1 rings (SSSR count). The maximum atomic E-state index is 12.7. The first kappa shape index (κ1) is 13.2. The SMILES string of the molecule is O=C(CCC(F)(F)F)c1ccc(F)cc1Br. The molecule has 0 aliphatic carbocycles. The molecule has 6 heteroatoms. The lowest BCUT2D eigenvalue weighted by atomic mass is 10.1. The zero-order chi connectivity index (χ0) is 12.3. The normalized spacial score (nSPS) is 11.6. The van der Waals surface area contributed by atoms with Gasteiger partial charge in [-0.2, -0.15) is 13.2 Å². The Kier molecular flexibility index (Phi) is 4.07. The van der Waals surface area contributed by atoms with Crippen LogP contribution in [0.3, 0.4) is 0 Å². The molecule has 0 atom stereocenters. The van der Waals surface area contributed by atoms with Crippen LogP contribution >= 0.6 is 15.9 Å². The third kappa shape index (κ3) is 3.92. The second kappa shape index (κ2) is 4.95. The monoisotopic (exact) mass is 298 g/mol. The second-order valence-electron chi connectivity index (χ2n) is 3.16. The fourth-order valence-corrected chi connectivity index (χ4v) is 1.68. The first-order valence-corrected chi connectivity index (χ1v) is 5.14. The minimum absolute atomic E-state index is 0.0608. The smallest absolute Gasteiger partial charge is 0.294 e. The third-order valence-electron chi connectivity index (χ3n) is 1.87. The summed E-state index contributed by atoms with van der Waals surface area (Å²) in [6.07, 6.45) is -6.16. The zero-order valence-electron chi connectivity index (χ0n) is 7.94. The van der Waals surface area contributed by atoms with Crippen LogP contribution in [0.1, 0.15) is 23.2 Å². The van der Waals surface area contributed by atoms with Crippen molar-refractivity contribution in [3.63, 3.8) is 0 Å². The van der Waals surface area contributed by atoms with E-state index in [0.717, 1.165) is 18.2 Å². The van der Waals surface area contributed by atoms with Gasteiger partial charge in [-0.1, -0.05) is 0 Å². The molecule has 0 saturated carbocycles. The molecule has 0 unspecified atom stereocenters. The van der Waals surface area contributed by atoms with E-state index < -0.39 is 30.6 Å². The van der Waals surface area contributed by atoms with Crippen LogP contribution < -0.4 is 0 Å². The van der Waals surface area contributed by atoms with E-state index in [1.165, 1.54) is 0 Å². The summed E-state index contributed by atoms with van der Waals surface area (Å²) in [5.41, 5.74) is 0.0608. The molecule has 1 nitrogen and oxygen atoms in total. The van der Waals surface area contributed by atoms with Crippen molar-refractivity contribution < 1.29 is 22.4 Å². The summed E-state index contributed by atoms with van der Waals surface area (Å²) in [5, 5.41) is 0. The van der Waals surface area contributed by atoms with Gasteiger partial charge in [-0.15, -0.1) is 0 Å². The first-order chi connectivity index (χ1) is 7.29. The molecule has 1 aromatic carbocycles. The lowest BCUT2D eigenvalue weighted by Gasteiger charge is -2.06. The molecule has 88 valence electrons. The van der Waals surface area contributed by atoms with Crippen molar-refractivity contribution in [2.24, 2.45) is 0 Å². The summed E-state index contributed by atoms with van der Waals surface area (Å²) in [7, 11) is 0. The van der Waals surface area contributed by atoms with E-state index in [-0.39, 0.29) is 10.0 Å². The first-order valence-electron chi connectivity index (χ1n) is 4.34. The molecule has 0 aromatic heterocycles. The van der Waals surface area contributed by atoms with Gasteiger partial charge in [0.1, 0.15) is 5.82 Å². The molecule has 0 heterocycles. The number of carbonyl (C=O) groups is 1. The number of hydrogen-bond donors (Lipinski definition) is 0. The van der Waals surface area contributed by atoms with Crippen LogP contribution in [-0.4, -0.2) is 12.0 Å². The Hall–Kier alpha value is -0.910. The Morgan fingerprint density at radius 2 is 1.94 bits per heavy atom. The van der Waals surface area contributed by atoms with Crippen molar-refractivity contribution in [2.45, 2.75) is 19.0 Å². The van der Waals surface area contributed by atoms with Crippen molar-refractivity contribution in [1.29, 1.82) is 0 Å². The lowest BCUT2D eigenvalue weighted by molar-refractivity contribution is -0.133. The van der Waals surface area contributed by atoms with E-state index in [2.05, 4.69) is 15.9 Å². The van der Waals surface area contributed by atoms with Crippen molar-refractivity contribution in [1.82, 2.24) is 0 Å². The van der Waals surface area contributed by atoms with E-state index >= 15 is 0 Å². The van der Waals surface area contributed by atoms with Crippen LogP contribution in [0, 0.1) is 5.82 Å². The standard InChI is InChI=1S/C10H7BrF4O/c11-8-5-6(12)1-2-7(8)9(16)3-4-10(13,14)15/h1-2,5H,3-4H2. The maximum absolute atomic E-state index is 12.7. The minimum atomic E-state index is -4.36. The molecule has 0 fully saturated rings. The van der Waals surface area contributed by atoms with E-state index in [9.17, 15) is 22.4 Å². The van der Waals surface area contributed by atoms with E-state index in [4.69, 9.17) is 0 Å². The highest BCUT2D eigenvalue weighted by molar-refractivity contribution is 9.10. The van der Waals surface area contributed by atoms with Crippen LogP contribution in [0.4, 0.5) is 17.6 Å². The summed E-state index contributed by atoms with van der Waals surface area (Å²) in [6.45, 7) is 0. The number of carbonyl (C=O) groups excluding carboxylic acids is 1. The van der Waals surface area contributed by atoms with Gasteiger partial charge in [-0.3, -0.25) is 4.79 Å². The van der Waals surface area contributed by atoms with Gasteiger partial charge in [0.2, 0.25) is 0 Å². The number of ketones is 1.